The van der Waals surface area contributed by atoms with E-state index in [0.29, 0.717) is 5.38 Å². The molecule has 223 valence electrons. The van der Waals surface area contributed by atoms with Crippen LogP contribution in [-0.2, 0) is 0 Å². The highest BCUT2D eigenvalue weighted by molar-refractivity contribution is 6.21. The van der Waals surface area contributed by atoms with E-state index in [-0.39, 0.29) is 0 Å². The predicted molar refractivity (Wildman–Crippen MR) is 173 cm³/mol. The second-order valence-corrected chi connectivity index (χ2v) is 12.8. The maximum atomic E-state index is 6.55. The average Bonchev–Trinajstić information content (AvgIpc) is 2.90. The molecule has 0 amide bonds. The van der Waals surface area contributed by atoms with Crippen LogP contribution in [0.5, 0.6) is 0 Å². The summed E-state index contributed by atoms with van der Waals surface area (Å²) < 4.78 is 0. The van der Waals surface area contributed by atoms with Crippen molar-refractivity contribution in [2.75, 3.05) is 0 Å². The van der Waals surface area contributed by atoms with Gasteiger partial charge in [0.15, 0.2) is 0 Å². The van der Waals surface area contributed by atoms with Crippen LogP contribution in [0.15, 0.2) is 0 Å². The third-order valence-corrected chi connectivity index (χ3v) is 8.71. The van der Waals surface area contributed by atoms with Crippen LogP contribution in [0.3, 0.4) is 0 Å². The molecule has 0 bridgehead atoms. The van der Waals surface area contributed by atoms with Crippen molar-refractivity contribution in [2.24, 2.45) is 0 Å². The fourth-order valence-electron chi connectivity index (χ4n) is 5.64. The zero-order chi connectivity index (χ0) is 26.9. The molecule has 0 aromatic heterocycles. The molecule has 0 saturated heterocycles. The Balaban J connectivity index is 3.13. The highest BCUT2D eigenvalue weighted by Crippen LogP contribution is 2.19. The molecule has 0 spiro atoms. The Morgan fingerprint density at radius 1 is 0.351 bits per heavy atom. The monoisotopic (exact) mass is 540 g/mol. The molecule has 1 unspecified atom stereocenters. The molecule has 0 aromatic carbocycles. The lowest BCUT2D eigenvalue weighted by molar-refractivity contribution is 0.527. The first-order chi connectivity index (χ1) is 18.3. The first-order valence-electron chi connectivity index (χ1n) is 17.8. The van der Waals surface area contributed by atoms with E-state index < -0.39 is 0 Å². The molecule has 0 fully saturated rings. The predicted octanol–water partition coefficient (Wildman–Crippen LogP) is 14.3. The molecule has 0 aromatic rings. The van der Waals surface area contributed by atoms with Gasteiger partial charge in [-0.25, -0.2) is 0 Å². The highest BCUT2D eigenvalue weighted by Gasteiger charge is 2.04. The number of unbranched alkanes of at least 4 members (excludes halogenated alkanes) is 29. The molecule has 0 aliphatic carbocycles. The highest BCUT2D eigenvalue weighted by atomic mass is 35.5. The Labute approximate surface area is 242 Å². The van der Waals surface area contributed by atoms with Gasteiger partial charge in [-0.3, -0.25) is 0 Å². The Morgan fingerprint density at radius 2 is 0.595 bits per heavy atom. The van der Waals surface area contributed by atoms with E-state index in [4.69, 9.17) is 11.6 Å². The van der Waals surface area contributed by atoms with E-state index in [1.54, 1.807) is 0 Å². The molecule has 1 atom stereocenters. The van der Waals surface area contributed by atoms with Gasteiger partial charge in [-0.1, -0.05) is 206 Å². The third-order valence-electron chi connectivity index (χ3n) is 8.31. The van der Waals surface area contributed by atoms with Gasteiger partial charge in [0.2, 0.25) is 0 Å². The maximum absolute atomic E-state index is 6.55. The Kier molecular flexibility index (Phi) is 34.6. The van der Waals surface area contributed by atoms with Crippen molar-refractivity contribution in [1.29, 1.82) is 0 Å². The number of rotatable bonds is 33. The van der Waals surface area contributed by atoms with Crippen molar-refractivity contribution >= 4 is 11.6 Å². The van der Waals surface area contributed by atoms with Crippen LogP contribution < -0.4 is 0 Å². The van der Waals surface area contributed by atoms with E-state index in [0.717, 1.165) is 0 Å². The molecule has 0 N–H and O–H groups in total. The Hall–Kier alpha value is 0.290. The van der Waals surface area contributed by atoms with Gasteiger partial charge < -0.3 is 0 Å². The first kappa shape index (κ1) is 37.3. The minimum Gasteiger partial charge on any atom is -0.123 e. The molecular weight excluding hydrogens is 468 g/mol. The normalized spacial score (nSPS) is 12.4. The fourth-order valence-corrected chi connectivity index (χ4v) is 5.92. The van der Waals surface area contributed by atoms with Crippen molar-refractivity contribution in [3.63, 3.8) is 0 Å². The molecule has 1 heteroatoms. The minimum absolute atomic E-state index is 0.314. The summed E-state index contributed by atoms with van der Waals surface area (Å²) in [6.07, 6.45) is 48.0. The SMILES string of the molecule is CCCCCCCCCCCCCCCCC[CH]C(Cl)CCCCCCCCCCCCCCCCC. The van der Waals surface area contributed by atoms with Crippen LogP contribution in [0.2, 0.25) is 0 Å². The van der Waals surface area contributed by atoms with Gasteiger partial charge in [0.1, 0.15) is 0 Å². The summed E-state index contributed by atoms with van der Waals surface area (Å²) in [5.74, 6) is 0. The second-order valence-electron chi connectivity index (χ2n) is 12.2. The van der Waals surface area contributed by atoms with Crippen molar-refractivity contribution < 1.29 is 0 Å². The van der Waals surface area contributed by atoms with Crippen molar-refractivity contribution in [3.05, 3.63) is 6.42 Å². The molecule has 1 radical (unpaired) electrons. The van der Waals surface area contributed by atoms with Crippen molar-refractivity contribution in [3.8, 4) is 0 Å². The molecular formula is C36H72Cl. The topological polar surface area (TPSA) is 0 Å². The molecule has 0 aliphatic rings. The number of halogens is 1. The quantitative estimate of drug-likeness (QED) is 0.0574. The van der Waals surface area contributed by atoms with Gasteiger partial charge in [0, 0.05) is 5.38 Å². The van der Waals surface area contributed by atoms with Crippen LogP contribution in [-0.4, -0.2) is 5.38 Å². The van der Waals surface area contributed by atoms with E-state index in [2.05, 4.69) is 20.3 Å². The summed E-state index contributed by atoms with van der Waals surface area (Å²) in [5, 5.41) is 0.314. The first-order valence-corrected chi connectivity index (χ1v) is 18.2. The van der Waals surface area contributed by atoms with Gasteiger partial charge in [0.05, 0.1) is 0 Å². The zero-order valence-electron chi connectivity index (χ0n) is 26.2. The standard InChI is InChI=1S/C36H72Cl/c1-3-5-7-9-11-13-15-17-19-21-23-25-27-29-31-33-35-36(37)34-32-30-28-26-24-22-20-18-16-14-12-10-8-6-4-2/h35-36H,3-34H2,1-2H3. The summed E-state index contributed by atoms with van der Waals surface area (Å²) in [6, 6.07) is 0. The van der Waals surface area contributed by atoms with Crippen LogP contribution in [0.25, 0.3) is 0 Å². The summed E-state index contributed by atoms with van der Waals surface area (Å²) in [5.41, 5.74) is 0. The van der Waals surface area contributed by atoms with E-state index >= 15 is 0 Å². The zero-order valence-corrected chi connectivity index (χ0v) is 26.9. The van der Waals surface area contributed by atoms with Crippen LogP contribution >= 0.6 is 11.6 Å². The number of hydrogen-bond donors (Lipinski definition) is 0. The summed E-state index contributed by atoms with van der Waals surface area (Å²) in [7, 11) is 0. The van der Waals surface area contributed by atoms with Gasteiger partial charge in [0.25, 0.3) is 0 Å². The maximum Gasteiger partial charge on any atom is 0.0367 e. The van der Waals surface area contributed by atoms with Crippen LogP contribution in [0.4, 0.5) is 0 Å². The molecule has 0 nitrogen and oxygen atoms in total. The van der Waals surface area contributed by atoms with E-state index in [1.165, 1.54) is 205 Å². The van der Waals surface area contributed by atoms with Gasteiger partial charge in [-0.15, -0.1) is 11.6 Å². The molecule has 37 heavy (non-hydrogen) atoms. The van der Waals surface area contributed by atoms with E-state index in [1.807, 2.05) is 0 Å². The van der Waals surface area contributed by atoms with Crippen LogP contribution in [0, 0.1) is 6.42 Å². The summed E-state index contributed by atoms with van der Waals surface area (Å²) >= 11 is 6.55. The van der Waals surface area contributed by atoms with Gasteiger partial charge >= 0.3 is 0 Å². The van der Waals surface area contributed by atoms with E-state index in [9.17, 15) is 0 Å². The average molecular weight is 540 g/mol. The summed E-state index contributed by atoms with van der Waals surface area (Å²) in [4.78, 5) is 0. The molecule has 0 saturated carbocycles. The molecule has 0 heterocycles. The third kappa shape index (κ3) is 34.3. The van der Waals surface area contributed by atoms with Crippen molar-refractivity contribution in [1.82, 2.24) is 0 Å². The lowest BCUT2D eigenvalue weighted by Crippen LogP contribution is -1.99. The van der Waals surface area contributed by atoms with Gasteiger partial charge in [-0.2, -0.15) is 0 Å². The summed E-state index contributed by atoms with van der Waals surface area (Å²) in [6.45, 7) is 4.60. The number of hydrogen-bond acceptors (Lipinski definition) is 0. The lowest BCUT2D eigenvalue weighted by Gasteiger charge is -2.09. The molecule has 0 rings (SSSR count). The largest absolute Gasteiger partial charge is 0.123 e. The Bertz CT molecular complexity index is 379. The smallest absolute Gasteiger partial charge is 0.0367 e. The van der Waals surface area contributed by atoms with Gasteiger partial charge in [-0.05, 0) is 19.3 Å². The minimum atomic E-state index is 0.314. The second kappa shape index (κ2) is 34.3. The Morgan fingerprint density at radius 3 is 0.892 bits per heavy atom. The molecule has 0 aliphatic heterocycles. The fraction of sp³-hybridized carbons (Fsp3) is 0.972. The number of alkyl halides is 1. The van der Waals surface area contributed by atoms with Crippen LogP contribution in [0.1, 0.15) is 219 Å². The lowest BCUT2D eigenvalue weighted by atomic mass is 10.0. The van der Waals surface area contributed by atoms with Crippen molar-refractivity contribution in [2.45, 2.75) is 225 Å².